The molecular formula is C13H25N3O2. The maximum Gasteiger partial charge on any atom is 0.228 e. The zero-order chi connectivity index (χ0) is 13.4. The van der Waals surface area contributed by atoms with Gasteiger partial charge in [-0.2, -0.15) is 4.98 Å². The molecule has 0 aromatic carbocycles. The van der Waals surface area contributed by atoms with E-state index in [0.717, 1.165) is 25.2 Å². The van der Waals surface area contributed by atoms with Crippen molar-refractivity contribution < 1.29 is 9.26 Å². The quantitative estimate of drug-likeness (QED) is 0.729. The molecule has 1 unspecified atom stereocenters. The highest BCUT2D eigenvalue weighted by molar-refractivity contribution is 4.90. The molecule has 0 radical (unpaired) electrons. The van der Waals surface area contributed by atoms with E-state index in [1.54, 1.807) is 7.11 Å². The number of hydrogen-bond donors (Lipinski definition) is 1. The molecule has 5 nitrogen and oxygen atoms in total. The first kappa shape index (κ1) is 15.1. The Kier molecular flexibility index (Phi) is 6.90. The highest BCUT2D eigenvalue weighted by atomic mass is 16.5. The molecule has 1 N–H and O–H groups in total. The van der Waals surface area contributed by atoms with Gasteiger partial charge in [-0.3, -0.25) is 0 Å². The van der Waals surface area contributed by atoms with Crippen molar-refractivity contribution in [3.8, 4) is 0 Å². The normalized spacial score (nSPS) is 13.2. The highest BCUT2D eigenvalue weighted by Gasteiger charge is 2.15. The van der Waals surface area contributed by atoms with Crippen LogP contribution in [0.4, 0.5) is 0 Å². The van der Waals surface area contributed by atoms with Crippen molar-refractivity contribution in [2.75, 3.05) is 20.3 Å². The van der Waals surface area contributed by atoms with Crippen LogP contribution in [0.2, 0.25) is 0 Å². The first-order valence-corrected chi connectivity index (χ1v) is 6.69. The summed E-state index contributed by atoms with van der Waals surface area (Å²) in [5.74, 6) is 2.10. The van der Waals surface area contributed by atoms with Gasteiger partial charge in [-0.25, -0.2) is 0 Å². The summed E-state index contributed by atoms with van der Waals surface area (Å²) in [6.07, 6.45) is 2.62. The van der Waals surface area contributed by atoms with Crippen LogP contribution in [-0.2, 0) is 17.6 Å². The summed E-state index contributed by atoms with van der Waals surface area (Å²) >= 11 is 0. The van der Waals surface area contributed by atoms with E-state index in [4.69, 9.17) is 9.26 Å². The SMILES string of the molecule is CCNC(Cc1nc(CCOC)no1)CC(C)C. The number of methoxy groups -OCH3 is 1. The van der Waals surface area contributed by atoms with Gasteiger partial charge in [-0.05, 0) is 18.9 Å². The fraction of sp³-hybridized carbons (Fsp3) is 0.846. The molecule has 0 fully saturated rings. The zero-order valence-corrected chi connectivity index (χ0v) is 11.9. The van der Waals surface area contributed by atoms with Crippen LogP contribution in [0.1, 0.15) is 38.9 Å². The minimum absolute atomic E-state index is 0.408. The summed E-state index contributed by atoms with van der Waals surface area (Å²) in [5, 5.41) is 7.41. The molecule has 1 aromatic rings. The van der Waals surface area contributed by atoms with Gasteiger partial charge in [0.1, 0.15) is 0 Å². The van der Waals surface area contributed by atoms with Crippen molar-refractivity contribution in [3.05, 3.63) is 11.7 Å². The topological polar surface area (TPSA) is 60.2 Å². The van der Waals surface area contributed by atoms with Gasteiger partial charge < -0.3 is 14.6 Å². The summed E-state index contributed by atoms with van der Waals surface area (Å²) in [6.45, 7) is 8.15. The molecule has 1 atom stereocenters. The Balaban J connectivity index is 2.49. The van der Waals surface area contributed by atoms with Gasteiger partial charge in [0.25, 0.3) is 0 Å². The minimum Gasteiger partial charge on any atom is -0.384 e. The first-order valence-electron chi connectivity index (χ1n) is 6.69. The lowest BCUT2D eigenvalue weighted by Gasteiger charge is -2.17. The van der Waals surface area contributed by atoms with E-state index in [-0.39, 0.29) is 0 Å². The molecule has 0 aliphatic heterocycles. The van der Waals surface area contributed by atoms with Gasteiger partial charge >= 0.3 is 0 Å². The molecule has 0 amide bonds. The van der Waals surface area contributed by atoms with E-state index in [1.807, 2.05) is 0 Å². The zero-order valence-electron chi connectivity index (χ0n) is 11.9. The Morgan fingerprint density at radius 3 is 2.78 bits per heavy atom. The van der Waals surface area contributed by atoms with Gasteiger partial charge in [-0.1, -0.05) is 25.9 Å². The van der Waals surface area contributed by atoms with E-state index >= 15 is 0 Å². The Labute approximate surface area is 109 Å². The summed E-state index contributed by atoms with van der Waals surface area (Å²) in [5.41, 5.74) is 0. The molecule has 0 saturated carbocycles. The molecule has 0 aliphatic rings. The number of rotatable bonds is 9. The van der Waals surface area contributed by atoms with Crippen molar-refractivity contribution in [3.63, 3.8) is 0 Å². The van der Waals surface area contributed by atoms with Crippen LogP contribution in [0.25, 0.3) is 0 Å². The molecule has 0 spiro atoms. The van der Waals surface area contributed by atoms with Crippen LogP contribution < -0.4 is 5.32 Å². The average molecular weight is 255 g/mol. The molecule has 5 heteroatoms. The van der Waals surface area contributed by atoms with Gasteiger partial charge in [0.05, 0.1) is 6.61 Å². The van der Waals surface area contributed by atoms with Crippen molar-refractivity contribution in [1.29, 1.82) is 0 Å². The van der Waals surface area contributed by atoms with Crippen LogP contribution in [0.5, 0.6) is 0 Å². The number of ether oxygens (including phenoxy) is 1. The van der Waals surface area contributed by atoms with E-state index < -0.39 is 0 Å². The summed E-state index contributed by atoms with van der Waals surface area (Å²) < 4.78 is 10.3. The second-order valence-corrected chi connectivity index (χ2v) is 4.94. The smallest absolute Gasteiger partial charge is 0.228 e. The molecular weight excluding hydrogens is 230 g/mol. The van der Waals surface area contributed by atoms with Crippen molar-refractivity contribution in [2.45, 2.75) is 46.1 Å². The van der Waals surface area contributed by atoms with Gasteiger partial charge in [0.2, 0.25) is 5.89 Å². The highest BCUT2D eigenvalue weighted by Crippen LogP contribution is 2.10. The molecule has 0 saturated heterocycles. The fourth-order valence-electron chi connectivity index (χ4n) is 1.98. The van der Waals surface area contributed by atoms with E-state index in [1.165, 1.54) is 0 Å². The Bertz CT molecular complexity index is 326. The third kappa shape index (κ3) is 5.60. The predicted molar refractivity (Wildman–Crippen MR) is 70.5 cm³/mol. The monoisotopic (exact) mass is 255 g/mol. The van der Waals surface area contributed by atoms with E-state index in [0.29, 0.717) is 30.9 Å². The number of likely N-dealkylation sites (N-methyl/N-ethyl adjacent to an activating group) is 1. The lowest BCUT2D eigenvalue weighted by atomic mass is 10.0. The maximum absolute atomic E-state index is 5.26. The van der Waals surface area contributed by atoms with Crippen LogP contribution in [0, 0.1) is 5.92 Å². The molecule has 0 aliphatic carbocycles. The van der Waals surface area contributed by atoms with Crippen LogP contribution in [-0.4, -0.2) is 36.4 Å². The standard InChI is InChI=1S/C13H25N3O2/c1-5-14-11(8-10(2)3)9-13-15-12(16-18-13)6-7-17-4/h10-11,14H,5-9H2,1-4H3. The van der Waals surface area contributed by atoms with Crippen molar-refractivity contribution in [1.82, 2.24) is 15.5 Å². The van der Waals surface area contributed by atoms with Crippen molar-refractivity contribution >= 4 is 0 Å². The molecule has 1 aromatic heterocycles. The molecule has 0 bridgehead atoms. The number of nitrogens with zero attached hydrogens (tertiary/aromatic N) is 2. The van der Waals surface area contributed by atoms with E-state index in [2.05, 4.69) is 36.2 Å². The third-order valence-electron chi connectivity index (χ3n) is 2.71. The van der Waals surface area contributed by atoms with Gasteiger partial charge in [-0.15, -0.1) is 0 Å². The van der Waals surface area contributed by atoms with Gasteiger partial charge in [0.15, 0.2) is 5.82 Å². The number of aromatic nitrogens is 2. The van der Waals surface area contributed by atoms with E-state index in [9.17, 15) is 0 Å². The van der Waals surface area contributed by atoms with Crippen LogP contribution >= 0.6 is 0 Å². The van der Waals surface area contributed by atoms with Gasteiger partial charge in [0, 0.05) is 26.0 Å². The fourth-order valence-corrected chi connectivity index (χ4v) is 1.98. The lowest BCUT2D eigenvalue weighted by Crippen LogP contribution is -2.32. The second kappa shape index (κ2) is 8.21. The summed E-state index contributed by atoms with van der Waals surface area (Å²) in [7, 11) is 1.67. The molecule has 18 heavy (non-hydrogen) atoms. The van der Waals surface area contributed by atoms with Crippen LogP contribution in [0.15, 0.2) is 4.52 Å². The summed E-state index contributed by atoms with van der Waals surface area (Å²) in [6, 6.07) is 0.408. The average Bonchev–Trinajstić information content (AvgIpc) is 2.73. The van der Waals surface area contributed by atoms with Crippen LogP contribution in [0.3, 0.4) is 0 Å². The second-order valence-electron chi connectivity index (χ2n) is 4.94. The Morgan fingerprint density at radius 1 is 1.39 bits per heavy atom. The third-order valence-corrected chi connectivity index (χ3v) is 2.71. The molecule has 1 rings (SSSR count). The largest absolute Gasteiger partial charge is 0.384 e. The minimum atomic E-state index is 0.408. The van der Waals surface area contributed by atoms with Crippen molar-refractivity contribution in [2.24, 2.45) is 5.92 Å². The molecule has 104 valence electrons. The summed E-state index contributed by atoms with van der Waals surface area (Å²) in [4.78, 5) is 4.38. The predicted octanol–water partition coefficient (Wildman–Crippen LogP) is 1.83. The lowest BCUT2D eigenvalue weighted by molar-refractivity contribution is 0.199. The number of hydrogen-bond acceptors (Lipinski definition) is 5. The molecule has 1 heterocycles. The number of nitrogens with one attached hydrogen (secondary N) is 1. The Morgan fingerprint density at radius 2 is 2.17 bits per heavy atom. The maximum atomic E-state index is 5.26. The first-order chi connectivity index (χ1) is 8.65. The Hall–Kier alpha value is -0.940.